The summed E-state index contributed by atoms with van der Waals surface area (Å²) in [6.07, 6.45) is 3.82. The fraction of sp³-hybridized carbons (Fsp3) is 0.261. The molecule has 33 heavy (non-hydrogen) atoms. The average Bonchev–Trinajstić information content (AvgIpc) is 3.14. The average molecular weight is 458 g/mol. The van der Waals surface area contributed by atoms with E-state index >= 15 is 0 Å². The smallest absolute Gasteiger partial charge is 0.475 e. The van der Waals surface area contributed by atoms with Crippen LogP contribution in [0.2, 0.25) is 0 Å². The van der Waals surface area contributed by atoms with Gasteiger partial charge in [-0.05, 0) is 47.4 Å². The van der Waals surface area contributed by atoms with Crippen molar-refractivity contribution in [2.24, 2.45) is 0 Å². The first-order chi connectivity index (χ1) is 15.7. The first kappa shape index (κ1) is 23.8. The van der Waals surface area contributed by atoms with E-state index in [4.69, 9.17) is 9.90 Å². The van der Waals surface area contributed by atoms with Gasteiger partial charge < -0.3 is 10.0 Å². The third kappa shape index (κ3) is 5.91. The van der Waals surface area contributed by atoms with E-state index in [9.17, 15) is 18.0 Å². The molecule has 0 saturated heterocycles. The maximum atomic E-state index is 13.0. The first-order valence-corrected chi connectivity index (χ1v) is 10.1. The summed E-state index contributed by atoms with van der Waals surface area (Å²) in [5.74, 6) is -2.71. The molecule has 3 aromatic heterocycles. The molecule has 0 aliphatic carbocycles. The number of carboxylic acid groups (broad SMARTS) is 1. The number of hydrogen-bond acceptors (Lipinski definition) is 5. The Balaban J connectivity index is 0.000000383. The van der Waals surface area contributed by atoms with Gasteiger partial charge >= 0.3 is 12.1 Å². The fourth-order valence-corrected chi connectivity index (χ4v) is 3.29. The van der Waals surface area contributed by atoms with Crippen molar-refractivity contribution in [3.8, 4) is 11.1 Å². The Bertz CT molecular complexity index is 1120. The van der Waals surface area contributed by atoms with Gasteiger partial charge in [0.1, 0.15) is 0 Å². The zero-order chi connectivity index (χ0) is 24.0. The Labute approximate surface area is 187 Å². The SMILES string of the molecule is CCc1ccc(CCN2Cc3nccc(-c4ccncc4)c3C2=O)nc1.O=C(O)C(F)(F)F. The standard InChI is InChI=1S/C21H20N4O.C2HF3O2/c1-2-15-3-4-17(24-13-15)8-12-25-14-19-20(21(25)26)18(7-11-23-19)16-5-9-22-10-6-16;3-2(4,5)1(6)7/h3-7,9-11,13H,2,8,12,14H2,1H3;(H,6,7). The summed E-state index contributed by atoms with van der Waals surface area (Å²) >= 11 is 0. The summed E-state index contributed by atoms with van der Waals surface area (Å²) in [6, 6.07) is 9.90. The van der Waals surface area contributed by atoms with Crippen LogP contribution in [0.25, 0.3) is 11.1 Å². The number of aryl methyl sites for hydroxylation is 1. The van der Waals surface area contributed by atoms with Crippen molar-refractivity contribution in [2.45, 2.75) is 32.5 Å². The van der Waals surface area contributed by atoms with Crippen LogP contribution in [0.1, 0.15) is 34.2 Å². The van der Waals surface area contributed by atoms with Crippen LogP contribution in [0.4, 0.5) is 13.2 Å². The lowest BCUT2D eigenvalue weighted by molar-refractivity contribution is -0.192. The molecule has 0 fully saturated rings. The van der Waals surface area contributed by atoms with Crippen LogP contribution in [0, 0.1) is 0 Å². The largest absolute Gasteiger partial charge is 0.490 e. The van der Waals surface area contributed by atoms with E-state index in [0.29, 0.717) is 18.7 Å². The number of halogens is 3. The Morgan fingerprint density at radius 1 is 1.09 bits per heavy atom. The molecule has 1 N–H and O–H groups in total. The van der Waals surface area contributed by atoms with Gasteiger partial charge in [-0.2, -0.15) is 13.2 Å². The van der Waals surface area contributed by atoms with Crippen molar-refractivity contribution in [2.75, 3.05) is 6.54 Å². The molecule has 0 bridgehead atoms. The van der Waals surface area contributed by atoms with Crippen LogP contribution >= 0.6 is 0 Å². The van der Waals surface area contributed by atoms with Crippen molar-refractivity contribution in [3.05, 3.63) is 77.6 Å². The van der Waals surface area contributed by atoms with E-state index in [2.05, 4.69) is 27.9 Å². The lowest BCUT2D eigenvalue weighted by Gasteiger charge is -2.15. The van der Waals surface area contributed by atoms with Crippen molar-refractivity contribution >= 4 is 11.9 Å². The number of hydrogen-bond donors (Lipinski definition) is 1. The van der Waals surface area contributed by atoms with Gasteiger partial charge in [0.15, 0.2) is 0 Å². The molecule has 3 aromatic rings. The molecule has 4 heterocycles. The number of pyridine rings is 3. The van der Waals surface area contributed by atoms with Crippen molar-refractivity contribution in [3.63, 3.8) is 0 Å². The molecular weight excluding hydrogens is 437 g/mol. The number of carboxylic acids is 1. The van der Waals surface area contributed by atoms with Gasteiger partial charge in [0.25, 0.3) is 5.91 Å². The molecule has 0 aromatic carbocycles. The highest BCUT2D eigenvalue weighted by Crippen LogP contribution is 2.31. The van der Waals surface area contributed by atoms with Gasteiger partial charge in [-0.3, -0.25) is 19.7 Å². The van der Waals surface area contributed by atoms with Gasteiger partial charge in [0.05, 0.1) is 17.8 Å². The van der Waals surface area contributed by atoms with Gasteiger partial charge in [-0.1, -0.05) is 13.0 Å². The van der Waals surface area contributed by atoms with Gasteiger partial charge in [-0.15, -0.1) is 0 Å². The highest BCUT2D eigenvalue weighted by molar-refractivity contribution is 6.03. The van der Waals surface area contributed by atoms with Crippen LogP contribution in [-0.2, 0) is 24.2 Å². The second-order valence-electron chi connectivity index (χ2n) is 7.21. The Morgan fingerprint density at radius 2 is 1.79 bits per heavy atom. The number of rotatable bonds is 5. The molecule has 10 heteroatoms. The minimum Gasteiger partial charge on any atom is -0.475 e. The van der Waals surface area contributed by atoms with E-state index in [1.807, 2.05) is 35.4 Å². The van der Waals surface area contributed by atoms with E-state index in [0.717, 1.165) is 35.4 Å². The number of amides is 1. The summed E-state index contributed by atoms with van der Waals surface area (Å²) in [6.45, 7) is 3.31. The highest BCUT2D eigenvalue weighted by atomic mass is 19.4. The maximum Gasteiger partial charge on any atom is 0.490 e. The van der Waals surface area contributed by atoms with Crippen molar-refractivity contribution in [1.82, 2.24) is 19.9 Å². The Hall–Kier alpha value is -3.82. The second-order valence-corrected chi connectivity index (χ2v) is 7.21. The summed E-state index contributed by atoms with van der Waals surface area (Å²) in [7, 11) is 0. The minimum absolute atomic E-state index is 0.0464. The zero-order valence-electron chi connectivity index (χ0n) is 17.7. The molecule has 0 atom stereocenters. The normalized spacial score (nSPS) is 12.7. The number of carbonyl (C=O) groups excluding carboxylic acids is 1. The Morgan fingerprint density at radius 3 is 2.36 bits per heavy atom. The van der Waals surface area contributed by atoms with Crippen LogP contribution in [0.5, 0.6) is 0 Å². The topological polar surface area (TPSA) is 96.3 Å². The molecule has 0 saturated carbocycles. The molecular formula is C23H21F3N4O3. The molecule has 0 radical (unpaired) electrons. The van der Waals surface area contributed by atoms with Gasteiger partial charge in [0, 0.05) is 43.4 Å². The summed E-state index contributed by atoms with van der Waals surface area (Å²) < 4.78 is 31.7. The van der Waals surface area contributed by atoms with Crippen LogP contribution < -0.4 is 0 Å². The van der Waals surface area contributed by atoms with Gasteiger partial charge in [0.2, 0.25) is 0 Å². The summed E-state index contributed by atoms with van der Waals surface area (Å²) in [5, 5.41) is 7.12. The Kier molecular flexibility index (Phi) is 7.37. The predicted molar refractivity (Wildman–Crippen MR) is 113 cm³/mol. The van der Waals surface area contributed by atoms with Crippen molar-refractivity contribution in [1.29, 1.82) is 0 Å². The molecule has 0 unspecified atom stereocenters. The summed E-state index contributed by atoms with van der Waals surface area (Å²) in [4.78, 5) is 36.7. The highest BCUT2D eigenvalue weighted by Gasteiger charge is 2.38. The molecule has 1 aliphatic heterocycles. The zero-order valence-corrected chi connectivity index (χ0v) is 17.7. The third-order valence-electron chi connectivity index (χ3n) is 5.04. The molecule has 0 spiro atoms. The summed E-state index contributed by atoms with van der Waals surface area (Å²) in [5.41, 5.74) is 5.71. The molecule has 7 nitrogen and oxygen atoms in total. The minimum atomic E-state index is -5.08. The molecule has 1 amide bonds. The molecule has 1 aliphatic rings. The molecule has 4 rings (SSSR count). The second kappa shape index (κ2) is 10.2. The van der Waals surface area contributed by atoms with E-state index in [1.54, 1.807) is 18.6 Å². The fourth-order valence-electron chi connectivity index (χ4n) is 3.29. The van der Waals surface area contributed by atoms with Gasteiger partial charge in [-0.25, -0.2) is 4.79 Å². The number of carbonyl (C=O) groups is 2. The lowest BCUT2D eigenvalue weighted by atomic mass is 10.0. The molecule has 172 valence electrons. The number of aliphatic carboxylic acids is 1. The quantitative estimate of drug-likeness (QED) is 0.622. The first-order valence-electron chi connectivity index (χ1n) is 10.1. The van der Waals surface area contributed by atoms with E-state index < -0.39 is 12.1 Å². The lowest BCUT2D eigenvalue weighted by Crippen LogP contribution is -2.26. The third-order valence-corrected chi connectivity index (χ3v) is 5.04. The monoisotopic (exact) mass is 458 g/mol. The van der Waals surface area contributed by atoms with E-state index in [-0.39, 0.29) is 5.91 Å². The van der Waals surface area contributed by atoms with Crippen LogP contribution in [0.3, 0.4) is 0 Å². The number of alkyl halides is 3. The number of aromatic nitrogens is 3. The van der Waals surface area contributed by atoms with Crippen LogP contribution in [0.15, 0.2) is 55.1 Å². The number of fused-ring (bicyclic) bond motifs is 1. The van der Waals surface area contributed by atoms with Crippen LogP contribution in [-0.4, -0.2) is 49.6 Å². The van der Waals surface area contributed by atoms with Crippen molar-refractivity contribution < 1.29 is 27.9 Å². The maximum absolute atomic E-state index is 13.0. The predicted octanol–water partition coefficient (Wildman–Crippen LogP) is 3.93. The van der Waals surface area contributed by atoms with E-state index in [1.165, 1.54) is 5.56 Å². The number of nitrogens with zero attached hydrogens (tertiary/aromatic N) is 4.